The maximum atomic E-state index is 12.4. The Hall–Kier alpha value is -2.95. The molecule has 1 aliphatic rings. The summed E-state index contributed by atoms with van der Waals surface area (Å²) in [4.78, 5) is 29.1. The van der Waals surface area contributed by atoms with Gasteiger partial charge < -0.3 is 10.1 Å². The molecule has 1 atom stereocenters. The van der Waals surface area contributed by atoms with Gasteiger partial charge in [0.05, 0.1) is 23.4 Å². The molecule has 2 aromatic carbocycles. The van der Waals surface area contributed by atoms with Gasteiger partial charge in [-0.25, -0.2) is 4.99 Å². The molecule has 1 unspecified atom stereocenters. The number of carbonyl (C=O) groups is 2. The highest BCUT2D eigenvalue weighted by Gasteiger charge is 2.20. The molecule has 1 heterocycles. The van der Waals surface area contributed by atoms with E-state index in [0.717, 1.165) is 21.7 Å². The van der Waals surface area contributed by atoms with Gasteiger partial charge >= 0.3 is 0 Å². The van der Waals surface area contributed by atoms with E-state index < -0.39 is 0 Å². The van der Waals surface area contributed by atoms with E-state index in [0.29, 0.717) is 30.9 Å². The van der Waals surface area contributed by atoms with Crippen molar-refractivity contribution in [1.82, 2.24) is 5.32 Å². The Labute approximate surface area is 158 Å². The lowest BCUT2D eigenvalue weighted by atomic mass is 9.98. The van der Waals surface area contributed by atoms with Gasteiger partial charge in [-0.1, -0.05) is 30.3 Å². The van der Waals surface area contributed by atoms with Crippen LogP contribution in [0.15, 0.2) is 41.4 Å². The van der Waals surface area contributed by atoms with Crippen LogP contribution in [0, 0.1) is 19.8 Å². The second kappa shape index (κ2) is 8.16. The quantitative estimate of drug-likeness (QED) is 0.853. The van der Waals surface area contributed by atoms with Gasteiger partial charge in [-0.2, -0.15) is 0 Å². The van der Waals surface area contributed by atoms with Crippen molar-refractivity contribution in [3.8, 4) is 5.75 Å². The molecule has 0 saturated heterocycles. The lowest BCUT2D eigenvalue weighted by Gasteiger charge is -2.15. The van der Waals surface area contributed by atoms with Crippen molar-refractivity contribution in [2.75, 3.05) is 13.2 Å². The molecule has 140 valence electrons. The number of hydrogen-bond donors (Lipinski definition) is 1. The number of ether oxygens (including phenoxy) is 1. The average molecular weight is 364 g/mol. The molecule has 0 spiro atoms. The molecule has 2 amide bonds. The first-order valence-electron chi connectivity index (χ1n) is 9.22. The number of fused-ring (bicyclic) bond motifs is 1. The molecule has 0 aliphatic carbocycles. The van der Waals surface area contributed by atoms with Crippen LogP contribution in [-0.2, 0) is 4.79 Å². The van der Waals surface area contributed by atoms with Crippen LogP contribution in [0.1, 0.15) is 34.8 Å². The van der Waals surface area contributed by atoms with E-state index in [1.807, 2.05) is 45.0 Å². The van der Waals surface area contributed by atoms with Crippen LogP contribution < -0.4 is 20.6 Å². The number of rotatable bonds is 6. The summed E-state index contributed by atoms with van der Waals surface area (Å²) in [5.41, 5.74) is 2.66. The molecule has 0 fully saturated rings. The maximum Gasteiger partial charge on any atom is 0.255 e. The fourth-order valence-corrected chi connectivity index (χ4v) is 3.16. The molecule has 27 heavy (non-hydrogen) atoms. The van der Waals surface area contributed by atoms with E-state index in [9.17, 15) is 9.59 Å². The topological polar surface area (TPSA) is 67.8 Å². The third-order valence-electron chi connectivity index (χ3n) is 4.83. The second-order valence-electron chi connectivity index (χ2n) is 6.64. The van der Waals surface area contributed by atoms with Crippen molar-refractivity contribution in [1.29, 1.82) is 0 Å². The predicted molar refractivity (Wildman–Crippen MR) is 104 cm³/mol. The lowest BCUT2D eigenvalue weighted by Crippen LogP contribution is -2.37. The third-order valence-corrected chi connectivity index (χ3v) is 4.83. The monoisotopic (exact) mass is 364 g/mol. The fraction of sp³-hybridized carbons (Fsp3) is 0.318. The van der Waals surface area contributed by atoms with Crippen molar-refractivity contribution in [2.24, 2.45) is 10.9 Å². The van der Waals surface area contributed by atoms with Crippen molar-refractivity contribution < 1.29 is 14.3 Å². The van der Waals surface area contributed by atoms with Crippen molar-refractivity contribution in [2.45, 2.75) is 27.2 Å². The molecule has 2 aromatic rings. The summed E-state index contributed by atoms with van der Waals surface area (Å²) in [7, 11) is 0. The van der Waals surface area contributed by atoms with Crippen LogP contribution in [0.2, 0.25) is 0 Å². The Morgan fingerprint density at radius 1 is 1.19 bits per heavy atom. The molecule has 0 aromatic heterocycles. The van der Waals surface area contributed by atoms with Gasteiger partial charge in [0.1, 0.15) is 5.75 Å². The molecule has 5 heteroatoms. The highest BCUT2D eigenvalue weighted by Crippen LogP contribution is 2.18. The van der Waals surface area contributed by atoms with Gasteiger partial charge in [-0.3, -0.25) is 9.59 Å². The van der Waals surface area contributed by atoms with Crippen LogP contribution in [0.25, 0.3) is 6.08 Å². The minimum absolute atomic E-state index is 0.153. The average Bonchev–Trinajstić information content (AvgIpc) is 2.66. The number of benzene rings is 2. The summed E-state index contributed by atoms with van der Waals surface area (Å²) < 4.78 is 5.50. The van der Waals surface area contributed by atoms with Gasteiger partial charge in [0.25, 0.3) is 11.8 Å². The highest BCUT2D eigenvalue weighted by atomic mass is 16.5. The van der Waals surface area contributed by atoms with Crippen molar-refractivity contribution >= 4 is 17.9 Å². The lowest BCUT2D eigenvalue weighted by molar-refractivity contribution is -0.120. The molecule has 0 bridgehead atoms. The molecule has 0 radical (unpaired) electrons. The molecule has 1 N–H and O–H groups in total. The Kier molecular flexibility index (Phi) is 5.69. The van der Waals surface area contributed by atoms with Gasteiger partial charge in [0.15, 0.2) is 0 Å². The first-order chi connectivity index (χ1) is 13.0. The third kappa shape index (κ3) is 4.08. The van der Waals surface area contributed by atoms with Crippen molar-refractivity contribution in [3.63, 3.8) is 0 Å². The Balaban J connectivity index is 1.67. The van der Waals surface area contributed by atoms with Crippen LogP contribution in [-0.4, -0.2) is 25.0 Å². The molecule has 3 rings (SSSR count). The second-order valence-corrected chi connectivity index (χ2v) is 6.64. The summed E-state index contributed by atoms with van der Waals surface area (Å²) in [5, 5.41) is 4.63. The van der Waals surface area contributed by atoms with E-state index in [-0.39, 0.29) is 17.7 Å². The van der Waals surface area contributed by atoms with E-state index in [1.54, 1.807) is 18.2 Å². The van der Waals surface area contributed by atoms with Gasteiger partial charge in [0, 0.05) is 6.54 Å². The van der Waals surface area contributed by atoms with Crippen LogP contribution in [0.5, 0.6) is 5.75 Å². The Bertz CT molecular complexity index is 995. The minimum Gasteiger partial charge on any atom is -0.493 e. The van der Waals surface area contributed by atoms with Crippen molar-refractivity contribution in [3.05, 3.63) is 63.7 Å². The Morgan fingerprint density at radius 2 is 1.96 bits per heavy atom. The normalized spacial score (nSPS) is 15.4. The van der Waals surface area contributed by atoms with Gasteiger partial charge in [-0.05, 0) is 55.7 Å². The van der Waals surface area contributed by atoms with E-state index in [1.165, 1.54) is 0 Å². The summed E-state index contributed by atoms with van der Waals surface area (Å²) in [6.45, 7) is 6.76. The van der Waals surface area contributed by atoms with Crippen LogP contribution in [0.3, 0.4) is 0 Å². The fourth-order valence-electron chi connectivity index (χ4n) is 3.16. The van der Waals surface area contributed by atoms with Gasteiger partial charge in [-0.15, -0.1) is 0 Å². The predicted octanol–water partition coefficient (Wildman–Crippen LogP) is 2.08. The summed E-state index contributed by atoms with van der Waals surface area (Å²) in [6.07, 6.45) is 2.47. The molecule has 5 nitrogen and oxygen atoms in total. The van der Waals surface area contributed by atoms with E-state index in [4.69, 9.17) is 4.74 Å². The molecule has 0 saturated carbocycles. The first-order valence-corrected chi connectivity index (χ1v) is 9.22. The largest absolute Gasteiger partial charge is 0.493 e. The number of para-hydroxylation sites is 1. The molecule has 1 aliphatic heterocycles. The highest BCUT2D eigenvalue weighted by molar-refractivity contribution is 5.97. The maximum absolute atomic E-state index is 12.4. The van der Waals surface area contributed by atoms with E-state index >= 15 is 0 Å². The number of nitrogens with zero attached hydrogens (tertiary/aromatic N) is 1. The number of nitrogens with one attached hydrogen (secondary N) is 1. The summed E-state index contributed by atoms with van der Waals surface area (Å²) >= 11 is 0. The van der Waals surface area contributed by atoms with Crippen LogP contribution >= 0.6 is 0 Å². The zero-order valence-electron chi connectivity index (χ0n) is 15.9. The van der Waals surface area contributed by atoms with Gasteiger partial charge in [0.2, 0.25) is 0 Å². The minimum atomic E-state index is -0.318. The number of aryl methyl sites for hydroxylation is 1. The number of amides is 2. The van der Waals surface area contributed by atoms with Crippen LogP contribution in [0.4, 0.5) is 0 Å². The zero-order chi connectivity index (χ0) is 19.4. The number of hydrogen-bond acceptors (Lipinski definition) is 3. The first kappa shape index (κ1) is 18.8. The zero-order valence-corrected chi connectivity index (χ0v) is 15.9. The summed E-state index contributed by atoms with van der Waals surface area (Å²) in [6, 6.07) is 11.2. The SMILES string of the molecule is CCOc1ccccc1C(=O)NCCC1C=c2ccc(C)c(C)c2=NC1=O. The smallest absolute Gasteiger partial charge is 0.255 e. The Morgan fingerprint density at radius 3 is 2.74 bits per heavy atom. The summed E-state index contributed by atoms with van der Waals surface area (Å²) in [5.74, 6) is -0.110. The molecular weight excluding hydrogens is 340 g/mol. The standard InChI is InChI=1S/C22H24N2O3/c1-4-27-19-8-6-5-7-18(19)22(26)23-12-11-17-13-16-10-9-14(2)15(3)20(16)24-21(17)25/h5-10,13,17H,4,11-12H2,1-3H3,(H,23,26). The number of carbonyl (C=O) groups excluding carboxylic acids is 2. The molecular formula is C22H24N2O3. The van der Waals surface area contributed by atoms with E-state index in [2.05, 4.69) is 10.3 Å².